The van der Waals surface area contributed by atoms with Crippen LogP contribution in [-0.2, 0) is 11.2 Å². The van der Waals surface area contributed by atoms with Crippen LogP contribution in [0.15, 0.2) is 24.3 Å². The number of Topliss-reactive ketones (excluding diaryl/α,β-unsaturated/α-hetero) is 1. The lowest BCUT2D eigenvalue weighted by molar-refractivity contribution is -0.119. The van der Waals surface area contributed by atoms with Crippen LogP contribution in [0.3, 0.4) is 0 Å². The Bertz CT molecular complexity index is 444. The Morgan fingerprint density at radius 3 is 2.68 bits per heavy atom. The third kappa shape index (κ3) is 4.62. The number of nitrogens with zero attached hydrogens (tertiary/aromatic N) is 1. The second kappa shape index (κ2) is 6.06. The van der Waals surface area contributed by atoms with Crippen LogP contribution in [0.2, 0.25) is 0 Å². The molecule has 0 bridgehead atoms. The van der Waals surface area contributed by atoms with Gasteiger partial charge < -0.3 is 0 Å². The molecule has 4 heteroatoms. The van der Waals surface area contributed by atoms with Crippen LogP contribution in [0.1, 0.15) is 19.4 Å². The normalized spacial score (nSPS) is 19.3. The van der Waals surface area contributed by atoms with Crippen molar-refractivity contribution in [2.75, 3.05) is 25.4 Å². The standard InChI is InChI=1S/C15H20FNOS/c1-15(2)11-17(7-8-19-15)10-14(18)9-12-3-5-13(16)6-4-12/h3-6H,7-11H2,1-2H3. The number of carbonyl (C=O) groups is 1. The van der Waals surface area contributed by atoms with E-state index in [9.17, 15) is 9.18 Å². The molecule has 1 fully saturated rings. The number of halogens is 1. The van der Waals surface area contributed by atoms with Crippen LogP contribution >= 0.6 is 11.8 Å². The average molecular weight is 281 g/mol. The largest absolute Gasteiger partial charge is 0.298 e. The summed E-state index contributed by atoms with van der Waals surface area (Å²) in [5.41, 5.74) is 0.886. The molecule has 0 amide bonds. The van der Waals surface area contributed by atoms with Gasteiger partial charge in [-0.2, -0.15) is 11.8 Å². The summed E-state index contributed by atoms with van der Waals surface area (Å²) >= 11 is 1.96. The lowest BCUT2D eigenvalue weighted by atomic mass is 10.1. The first-order chi connectivity index (χ1) is 8.94. The second-order valence-electron chi connectivity index (χ2n) is 5.66. The molecule has 19 heavy (non-hydrogen) atoms. The Balaban J connectivity index is 1.85. The number of carbonyl (C=O) groups excluding carboxylic acids is 1. The quantitative estimate of drug-likeness (QED) is 0.846. The van der Waals surface area contributed by atoms with Gasteiger partial charge in [0, 0.05) is 30.0 Å². The molecule has 1 aromatic carbocycles. The van der Waals surface area contributed by atoms with Crippen molar-refractivity contribution in [3.05, 3.63) is 35.6 Å². The van der Waals surface area contributed by atoms with Gasteiger partial charge in [0.15, 0.2) is 5.78 Å². The molecular weight excluding hydrogens is 261 g/mol. The van der Waals surface area contributed by atoms with Crippen molar-refractivity contribution in [2.45, 2.75) is 25.0 Å². The molecule has 0 radical (unpaired) electrons. The molecule has 2 rings (SSSR count). The highest BCUT2D eigenvalue weighted by Gasteiger charge is 2.27. The molecule has 104 valence electrons. The van der Waals surface area contributed by atoms with E-state index in [2.05, 4.69) is 18.7 Å². The summed E-state index contributed by atoms with van der Waals surface area (Å²) in [6.45, 7) is 6.86. The van der Waals surface area contributed by atoms with Gasteiger partial charge in [-0.25, -0.2) is 4.39 Å². The fraction of sp³-hybridized carbons (Fsp3) is 0.533. The summed E-state index contributed by atoms with van der Waals surface area (Å²) in [5.74, 6) is 1.02. The number of ketones is 1. The van der Waals surface area contributed by atoms with Gasteiger partial charge in [0.05, 0.1) is 6.54 Å². The highest BCUT2D eigenvalue weighted by Crippen LogP contribution is 2.29. The summed E-state index contributed by atoms with van der Waals surface area (Å²) in [4.78, 5) is 14.3. The molecule has 0 N–H and O–H groups in total. The van der Waals surface area contributed by atoms with Crippen LogP contribution in [-0.4, -0.2) is 40.8 Å². The van der Waals surface area contributed by atoms with Crippen LogP contribution < -0.4 is 0 Å². The number of hydrogen-bond acceptors (Lipinski definition) is 3. The zero-order valence-electron chi connectivity index (χ0n) is 11.5. The Labute approximate surface area is 118 Å². The molecule has 0 unspecified atom stereocenters. The topological polar surface area (TPSA) is 20.3 Å². The zero-order valence-corrected chi connectivity index (χ0v) is 12.3. The zero-order chi connectivity index (χ0) is 13.9. The summed E-state index contributed by atoms with van der Waals surface area (Å²) in [7, 11) is 0. The van der Waals surface area contributed by atoms with Gasteiger partial charge in [-0.15, -0.1) is 0 Å². The third-order valence-electron chi connectivity index (χ3n) is 3.22. The predicted octanol–water partition coefficient (Wildman–Crippen LogP) is 2.76. The van der Waals surface area contributed by atoms with E-state index in [4.69, 9.17) is 0 Å². The highest BCUT2D eigenvalue weighted by molar-refractivity contribution is 8.00. The van der Waals surface area contributed by atoms with Gasteiger partial charge in [-0.3, -0.25) is 9.69 Å². The van der Waals surface area contributed by atoms with Crippen molar-refractivity contribution in [3.63, 3.8) is 0 Å². The van der Waals surface area contributed by atoms with E-state index in [1.807, 2.05) is 11.8 Å². The molecule has 1 heterocycles. The Morgan fingerprint density at radius 1 is 1.37 bits per heavy atom. The van der Waals surface area contributed by atoms with E-state index >= 15 is 0 Å². The fourth-order valence-electron chi connectivity index (χ4n) is 2.38. The van der Waals surface area contributed by atoms with Gasteiger partial charge in [-0.1, -0.05) is 12.1 Å². The fourth-order valence-corrected chi connectivity index (χ4v) is 3.56. The van der Waals surface area contributed by atoms with Crippen molar-refractivity contribution in [2.24, 2.45) is 0 Å². The predicted molar refractivity (Wildman–Crippen MR) is 78.1 cm³/mol. The minimum atomic E-state index is -0.258. The van der Waals surface area contributed by atoms with E-state index in [0.717, 1.165) is 24.4 Å². The second-order valence-corrected chi connectivity index (χ2v) is 7.46. The Hall–Kier alpha value is -0.870. The van der Waals surface area contributed by atoms with E-state index in [1.165, 1.54) is 12.1 Å². The smallest absolute Gasteiger partial charge is 0.151 e. The van der Waals surface area contributed by atoms with Crippen LogP contribution in [0, 0.1) is 5.82 Å². The van der Waals surface area contributed by atoms with Crippen LogP contribution in [0.4, 0.5) is 4.39 Å². The number of hydrogen-bond donors (Lipinski definition) is 0. The highest BCUT2D eigenvalue weighted by atomic mass is 32.2. The summed E-state index contributed by atoms with van der Waals surface area (Å²) in [5, 5.41) is 0. The molecule has 0 aliphatic carbocycles. The van der Waals surface area contributed by atoms with Gasteiger partial charge in [0.1, 0.15) is 5.82 Å². The first-order valence-corrected chi connectivity index (χ1v) is 7.56. The molecule has 0 spiro atoms. The molecule has 1 aliphatic rings. The van der Waals surface area contributed by atoms with Gasteiger partial charge >= 0.3 is 0 Å². The van der Waals surface area contributed by atoms with Gasteiger partial charge in [0.25, 0.3) is 0 Å². The molecular formula is C15H20FNOS. The minimum absolute atomic E-state index is 0.203. The van der Waals surface area contributed by atoms with Crippen LogP contribution in [0.25, 0.3) is 0 Å². The number of thioether (sulfide) groups is 1. The van der Waals surface area contributed by atoms with Crippen molar-refractivity contribution < 1.29 is 9.18 Å². The SMILES string of the molecule is CC1(C)CN(CC(=O)Cc2ccc(F)cc2)CCS1. The van der Waals surface area contributed by atoms with Gasteiger partial charge in [-0.05, 0) is 31.5 Å². The minimum Gasteiger partial charge on any atom is -0.298 e. The lowest BCUT2D eigenvalue weighted by Gasteiger charge is -2.37. The maximum atomic E-state index is 12.8. The maximum absolute atomic E-state index is 12.8. The van der Waals surface area contributed by atoms with Gasteiger partial charge in [0.2, 0.25) is 0 Å². The van der Waals surface area contributed by atoms with Crippen LogP contribution in [0.5, 0.6) is 0 Å². The monoisotopic (exact) mass is 281 g/mol. The van der Waals surface area contributed by atoms with E-state index < -0.39 is 0 Å². The van der Waals surface area contributed by atoms with E-state index in [1.54, 1.807) is 12.1 Å². The van der Waals surface area contributed by atoms with Crippen molar-refractivity contribution in [1.82, 2.24) is 4.90 Å². The molecule has 1 aromatic rings. The summed E-state index contributed by atoms with van der Waals surface area (Å²) in [6.07, 6.45) is 0.393. The Morgan fingerprint density at radius 2 is 2.05 bits per heavy atom. The maximum Gasteiger partial charge on any atom is 0.151 e. The number of rotatable bonds is 4. The summed E-state index contributed by atoms with van der Waals surface area (Å²) < 4.78 is 13.0. The van der Waals surface area contributed by atoms with Crippen molar-refractivity contribution in [3.8, 4) is 0 Å². The lowest BCUT2D eigenvalue weighted by Crippen LogP contribution is -2.45. The first-order valence-electron chi connectivity index (χ1n) is 6.57. The third-order valence-corrected chi connectivity index (χ3v) is 4.52. The van der Waals surface area contributed by atoms with E-state index in [-0.39, 0.29) is 16.3 Å². The molecule has 1 aliphatic heterocycles. The Kier molecular flexibility index (Phi) is 4.63. The number of benzene rings is 1. The molecule has 0 saturated carbocycles. The van der Waals surface area contributed by atoms with Crippen molar-refractivity contribution >= 4 is 17.5 Å². The molecule has 0 aromatic heterocycles. The van der Waals surface area contributed by atoms with E-state index in [0.29, 0.717) is 13.0 Å². The molecule has 0 atom stereocenters. The van der Waals surface area contributed by atoms with Crippen molar-refractivity contribution in [1.29, 1.82) is 0 Å². The summed E-state index contributed by atoms with van der Waals surface area (Å²) in [6, 6.07) is 6.18. The first kappa shape index (κ1) is 14.5. The average Bonchev–Trinajstić information content (AvgIpc) is 2.30. The molecule has 1 saturated heterocycles. The molecule has 2 nitrogen and oxygen atoms in total.